The molecule has 0 saturated carbocycles. The number of hydrogen-bond donors (Lipinski definition) is 1. The standard InChI is InChI=1S/C57H40N2.C33H20Br2.C12H11N/c1-7-21-41(22-8-1)57(42-23-9-2-10-24-42)54-40-48(59(45-29-15-5-16-30-45)46-31-17-6-18-32-46)36-38-52(54)55-50-34-20-19-33-49(50)53-39-47(35-37-51(53)56(55)57)58(43-25-11-3-12-26-43)44-27-13-4-14-28-44;34-23-15-17-27-29(19-23)25-13-7-8-14-26(25)31-28-18-16-24(35)20-30(28)33(32(27)31,21-9-3-1-4-10-21)22-11-5-2-6-12-22;1-3-7-11(8-4-1)13-12-9-5-2-6-10-12/h1-40H;1-20H;1-10,13H. The SMILES string of the molecule is Brc1ccc2c(c1)C(c1ccccc1)(c1ccccc1)c1c-2c2ccccc2c2cc(Br)ccc12.c1ccc(N(c2ccccc2)c2ccc3c(c2)C(c2ccccc2)(c2ccccc2)c2c-3c3ccccc3c3cc(N(c4ccccc4)c4ccccc4)ccc23)cc1.c1ccc(Nc2ccccc2)cc1. The highest BCUT2D eigenvalue weighted by atomic mass is 79.9. The van der Waals surface area contributed by atoms with Crippen LogP contribution in [-0.2, 0) is 10.8 Å². The van der Waals surface area contributed by atoms with Gasteiger partial charge in [-0.3, -0.25) is 0 Å². The first kappa shape index (κ1) is 66.3. The van der Waals surface area contributed by atoms with Gasteiger partial charge in [-0.05, 0) is 231 Å². The van der Waals surface area contributed by atoms with Gasteiger partial charge in [0.05, 0.1) is 10.8 Å². The highest BCUT2D eigenvalue weighted by Gasteiger charge is 2.50. The highest BCUT2D eigenvalue weighted by molar-refractivity contribution is 9.10. The highest BCUT2D eigenvalue weighted by Crippen LogP contribution is 2.63. The van der Waals surface area contributed by atoms with E-state index in [1.807, 2.05) is 60.7 Å². The summed E-state index contributed by atoms with van der Waals surface area (Å²) >= 11 is 7.56. The molecule has 20 rings (SSSR count). The number of hydrogen-bond acceptors (Lipinski definition) is 3. The molecule has 0 amide bonds. The van der Waals surface area contributed by atoms with E-state index in [4.69, 9.17) is 0 Å². The summed E-state index contributed by atoms with van der Waals surface area (Å²) in [6.07, 6.45) is 0. The normalized spacial score (nSPS) is 12.5. The minimum atomic E-state index is -0.634. The van der Waals surface area contributed by atoms with Crippen LogP contribution >= 0.6 is 31.9 Å². The summed E-state index contributed by atoms with van der Waals surface area (Å²) < 4.78 is 2.19. The Morgan fingerprint density at radius 3 is 0.879 bits per heavy atom. The van der Waals surface area contributed by atoms with Crippen molar-refractivity contribution in [3.8, 4) is 22.3 Å². The molecule has 1 N–H and O–H groups in total. The van der Waals surface area contributed by atoms with E-state index in [9.17, 15) is 0 Å². The third kappa shape index (κ3) is 11.8. The van der Waals surface area contributed by atoms with Crippen molar-refractivity contribution in [3.63, 3.8) is 0 Å². The predicted molar refractivity (Wildman–Crippen MR) is 458 cm³/mol. The molecule has 0 fully saturated rings. The molecule has 0 bridgehead atoms. The van der Waals surface area contributed by atoms with Crippen LogP contribution in [0.25, 0.3) is 65.3 Å². The second kappa shape index (κ2) is 28.8. The van der Waals surface area contributed by atoms with Crippen LogP contribution in [0, 0.1) is 0 Å². The van der Waals surface area contributed by atoms with Gasteiger partial charge in [0.25, 0.3) is 0 Å². The molecule has 107 heavy (non-hydrogen) atoms. The van der Waals surface area contributed by atoms with Crippen LogP contribution in [-0.4, -0.2) is 0 Å². The van der Waals surface area contributed by atoms with E-state index in [0.29, 0.717) is 0 Å². The first-order valence-electron chi connectivity index (χ1n) is 36.4. The second-order valence-corrected chi connectivity index (χ2v) is 29.1. The van der Waals surface area contributed by atoms with Crippen molar-refractivity contribution in [1.29, 1.82) is 0 Å². The molecule has 0 aliphatic heterocycles. The Balaban J connectivity index is 0.000000141. The first-order valence-corrected chi connectivity index (χ1v) is 38.0. The molecule has 508 valence electrons. The summed E-state index contributed by atoms with van der Waals surface area (Å²) in [4.78, 5) is 4.75. The number of rotatable bonds is 12. The number of nitrogens with one attached hydrogen (secondary N) is 1. The van der Waals surface area contributed by atoms with Crippen LogP contribution < -0.4 is 15.1 Å². The molecule has 0 atom stereocenters. The maximum atomic E-state index is 3.81. The van der Waals surface area contributed by atoms with Gasteiger partial charge in [0.2, 0.25) is 0 Å². The van der Waals surface area contributed by atoms with E-state index in [2.05, 4.69) is 411 Å². The van der Waals surface area contributed by atoms with Crippen molar-refractivity contribution >= 4 is 120 Å². The molecule has 2 aliphatic rings. The average molecular weight is 1500 g/mol. The summed E-state index contributed by atoms with van der Waals surface area (Å²) in [5.41, 5.74) is 23.4. The Hall–Kier alpha value is -12.6. The Labute approximate surface area is 641 Å². The maximum absolute atomic E-state index is 3.81. The lowest BCUT2D eigenvalue weighted by molar-refractivity contribution is 0.775. The van der Waals surface area contributed by atoms with Crippen LogP contribution in [0.2, 0.25) is 0 Å². The van der Waals surface area contributed by atoms with Crippen LogP contribution in [0.5, 0.6) is 0 Å². The van der Waals surface area contributed by atoms with Gasteiger partial charge in [0.15, 0.2) is 0 Å². The number of para-hydroxylation sites is 6. The topological polar surface area (TPSA) is 18.5 Å². The van der Waals surface area contributed by atoms with Crippen molar-refractivity contribution in [3.05, 3.63) is 478 Å². The summed E-state index contributed by atoms with van der Waals surface area (Å²) in [7, 11) is 0. The Kier molecular flexibility index (Phi) is 17.8. The molecular weight excluding hydrogens is 1430 g/mol. The Morgan fingerprint density at radius 1 is 0.206 bits per heavy atom. The Morgan fingerprint density at radius 2 is 0.486 bits per heavy atom. The van der Waals surface area contributed by atoms with Crippen molar-refractivity contribution in [2.45, 2.75) is 10.8 Å². The number of nitrogens with zero attached hydrogens (tertiary/aromatic N) is 2. The average Bonchev–Trinajstić information content (AvgIpc) is 1.53. The summed E-state index contributed by atoms with van der Waals surface area (Å²) in [5, 5.41) is 13.4. The lowest BCUT2D eigenvalue weighted by atomic mass is 9.66. The van der Waals surface area contributed by atoms with E-state index < -0.39 is 10.8 Å². The quantitative estimate of drug-likeness (QED) is 0.123. The Bertz CT molecular complexity index is 6020. The lowest BCUT2D eigenvalue weighted by Crippen LogP contribution is -2.29. The van der Waals surface area contributed by atoms with Crippen LogP contribution in [0.15, 0.2) is 434 Å². The molecule has 5 heteroatoms. The van der Waals surface area contributed by atoms with Crippen LogP contribution in [0.4, 0.5) is 45.5 Å². The molecule has 18 aromatic carbocycles. The molecule has 18 aromatic rings. The zero-order valence-corrected chi connectivity index (χ0v) is 61.7. The molecule has 3 nitrogen and oxygen atoms in total. The monoisotopic (exact) mass is 1500 g/mol. The molecular formula is C102H71Br2N3. The largest absolute Gasteiger partial charge is 0.356 e. The van der Waals surface area contributed by atoms with Gasteiger partial charge in [-0.1, -0.05) is 335 Å². The molecule has 0 radical (unpaired) electrons. The van der Waals surface area contributed by atoms with E-state index in [0.717, 1.165) is 54.4 Å². The smallest absolute Gasteiger partial charge is 0.0720 e. The number of benzene rings is 18. The fourth-order valence-corrected chi connectivity index (χ4v) is 17.8. The zero-order valence-electron chi connectivity index (χ0n) is 58.6. The fraction of sp³-hybridized carbons (Fsp3) is 0.0196. The minimum absolute atomic E-state index is 0.437. The summed E-state index contributed by atoms with van der Waals surface area (Å²) in [5.74, 6) is 0. The first-order chi connectivity index (χ1) is 52.9. The van der Waals surface area contributed by atoms with E-state index >= 15 is 0 Å². The van der Waals surface area contributed by atoms with Crippen LogP contribution in [0.1, 0.15) is 44.5 Å². The maximum Gasteiger partial charge on any atom is 0.0720 e. The molecule has 0 saturated heterocycles. The predicted octanol–water partition coefficient (Wildman–Crippen LogP) is 28.6. The number of halogens is 2. The number of anilines is 8. The van der Waals surface area contributed by atoms with E-state index in [1.54, 1.807) is 0 Å². The van der Waals surface area contributed by atoms with E-state index in [1.165, 1.54) is 110 Å². The van der Waals surface area contributed by atoms with Crippen molar-refractivity contribution in [1.82, 2.24) is 0 Å². The van der Waals surface area contributed by atoms with Gasteiger partial charge in [-0.15, -0.1) is 0 Å². The van der Waals surface area contributed by atoms with Crippen molar-refractivity contribution < 1.29 is 0 Å². The number of fused-ring (bicyclic) bond motifs is 16. The van der Waals surface area contributed by atoms with E-state index in [-0.39, 0.29) is 0 Å². The van der Waals surface area contributed by atoms with Gasteiger partial charge in [-0.25, -0.2) is 0 Å². The third-order valence-corrected chi connectivity index (χ3v) is 22.3. The molecule has 0 heterocycles. The molecule has 0 spiro atoms. The summed E-state index contributed by atoms with van der Waals surface area (Å²) in [6.45, 7) is 0. The fourth-order valence-electron chi connectivity index (χ4n) is 17.0. The van der Waals surface area contributed by atoms with Crippen LogP contribution in [0.3, 0.4) is 0 Å². The van der Waals surface area contributed by atoms with Gasteiger partial charge >= 0.3 is 0 Å². The van der Waals surface area contributed by atoms with Gasteiger partial charge < -0.3 is 15.1 Å². The third-order valence-electron chi connectivity index (χ3n) is 21.3. The molecule has 0 unspecified atom stereocenters. The van der Waals surface area contributed by atoms with Gasteiger partial charge in [-0.2, -0.15) is 0 Å². The minimum Gasteiger partial charge on any atom is -0.356 e. The van der Waals surface area contributed by atoms with Gasteiger partial charge in [0, 0.05) is 54.4 Å². The second-order valence-electron chi connectivity index (χ2n) is 27.3. The summed E-state index contributed by atoms with van der Waals surface area (Å²) in [6, 6.07) is 153. The van der Waals surface area contributed by atoms with Crippen molar-refractivity contribution in [2.75, 3.05) is 15.1 Å². The lowest BCUT2D eigenvalue weighted by Gasteiger charge is -2.36. The van der Waals surface area contributed by atoms with Crippen molar-refractivity contribution in [2.24, 2.45) is 0 Å². The molecule has 0 aromatic heterocycles. The zero-order chi connectivity index (χ0) is 71.7. The molecule has 2 aliphatic carbocycles. The van der Waals surface area contributed by atoms with Gasteiger partial charge in [0.1, 0.15) is 0 Å².